The summed E-state index contributed by atoms with van der Waals surface area (Å²) in [7, 11) is 0. The van der Waals surface area contributed by atoms with Gasteiger partial charge in [0.05, 0.1) is 12.2 Å². The van der Waals surface area contributed by atoms with Gasteiger partial charge in [-0.25, -0.2) is 9.59 Å². The van der Waals surface area contributed by atoms with Crippen LogP contribution in [-0.4, -0.2) is 47.9 Å². The van der Waals surface area contributed by atoms with Gasteiger partial charge < -0.3 is 15.4 Å². The number of hydrogen-bond acceptors (Lipinski definition) is 6. The number of aryl methyl sites for hydroxylation is 1. The molecule has 1 unspecified atom stereocenters. The SMILES string of the molecule is CCCC1NC(=O)N(CC(=O)Nc2sc(C)c(C)c2C(=O)OCC)C1=O. The molecule has 26 heavy (non-hydrogen) atoms. The second-order valence-electron chi connectivity index (χ2n) is 5.97. The molecule has 1 aliphatic rings. The third-order valence-electron chi connectivity index (χ3n) is 4.10. The molecule has 8 nitrogen and oxygen atoms in total. The molecule has 2 N–H and O–H groups in total. The summed E-state index contributed by atoms with van der Waals surface area (Å²) in [5, 5.41) is 5.56. The summed E-state index contributed by atoms with van der Waals surface area (Å²) in [5.41, 5.74) is 1.05. The number of imide groups is 1. The Morgan fingerprint density at radius 1 is 1.27 bits per heavy atom. The van der Waals surface area contributed by atoms with Gasteiger partial charge in [-0.05, 0) is 32.8 Å². The Kier molecular flexibility index (Phi) is 6.36. The number of nitrogens with zero attached hydrogens (tertiary/aromatic N) is 1. The molecule has 1 aromatic heterocycles. The first-order valence-electron chi connectivity index (χ1n) is 8.48. The molecule has 1 fully saturated rings. The van der Waals surface area contributed by atoms with Crippen molar-refractivity contribution in [3.63, 3.8) is 0 Å². The Morgan fingerprint density at radius 3 is 2.58 bits per heavy atom. The van der Waals surface area contributed by atoms with Crippen molar-refractivity contribution in [1.82, 2.24) is 10.2 Å². The van der Waals surface area contributed by atoms with E-state index < -0.39 is 36.4 Å². The summed E-state index contributed by atoms with van der Waals surface area (Å²) in [4.78, 5) is 50.4. The third kappa shape index (κ3) is 4.04. The largest absolute Gasteiger partial charge is 0.462 e. The molecular formula is C17H23N3O5S. The van der Waals surface area contributed by atoms with Crippen LogP contribution in [0, 0.1) is 13.8 Å². The van der Waals surface area contributed by atoms with Crippen molar-refractivity contribution in [1.29, 1.82) is 0 Å². The summed E-state index contributed by atoms with van der Waals surface area (Å²) in [6, 6.07) is -1.16. The molecule has 4 amide bonds. The van der Waals surface area contributed by atoms with Gasteiger partial charge in [0.1, 0.15) is 17.6 Å². The minimum Gasteiger partial charge on any atom is -0.462 e. The lowest BCUT2D eigenvalue weighted by molar-refractivity contribution is -0.130. The number of anilines is 1. The topological polar surface area (TPSA) is 105 Å². The summed E-state index contributed by atoms with van der Waals surface area (Å²) >= 11 is 1.25. The maximum atomic E-state index is 12.3. The van der Waals surface area contributed by atoms with Crippen molar-refractivity contribution in [3.05, 3.63) is 16.0 Å². The van der Waals surface area contributed by atoms with Gasteiger partial charge in [0.2, 0.25) is 5.91 Å². The van der Waals surface area contributed by atoms with Gasteiger partial charge in [0, 0.05) is 4.88 Å². The van der Waals surface area contributed by atoms with E-state index in [-0.39, 0.29) is 6.61 Å². The predicted molar refractivity (Wildman–Crippen MR) is 97.3 cm³/mol. The molecule has 0 aliphatic carbocycles. The number of urea groups is 1. The van der Waals surface area contributed by atoms with Crippen LogP contribution in [-0.2, 0) is 14.3 Å². The Bertz CT molecular complexity index is 743. The molecule has 0 aromatic carbocycles. The monoisotopic (exact) mass is 381 g/mol. The number of amides is 4. The molecule has 1 aliphatic heterocycles. The highest BCUT2D eigenvalue weighted by molar-refractivity contribution is 7.16. The number of thiophene rings is 1. The second kappa shape index (κ2) is 8.31. The maximum Gasteiger partial charge on any atom is 0.341 e. The highest BCUT2D eigenvalue weighted by atomic mass is 32.1. The molecule has 0 spiro atoms. The summed E-state index contributed by atoms with van der Waals surface area (Å²) in [6.07, 6.45) is 1.27. The normalized spacial score (nSPS) is 16.6. The highest BCUT2D eigenvalue weighted by Crippen LogP contribution is 2.33. The van der Waals surface area contributed by atoms with E-state index in [0.29, 0.717) is 17.0 Å². The van der Waals surface area contributed by atoms with E-state index in [9.17, 15) is 19.2 Å². The Balaban J connectivity index is 2.11. The standard InChI is InChI=1S/C17H23N3O5S/c1-5-7-11-15(22)20(17(24)18-11)8-12(21)19-14-13(16(23)25-6-2)9(3)10(4)26-14/h11H,5-8H2,1-4H3,(H,18,24)(H,19,21). The smallest absolute Gasteiger partial charge is 0.341 e. The van der Waals surface area contributed by atoms with E-state index in [0.717, 1.165) is 21.8 Å². The minimum absolute atomic E-state index is 0.224. The van der Waals surface area contributed by atoms with Crippen LogP contribution < -0.4 is 10.6 Å². The number of nitrogens with one attached hydrogen (secondary N) is 2. The lowest BCUT2D eigenvalue weighted by Crippen LogP contribution is -2.38. The number of carbonyl (C=O) groups excluding carboxylic acids is 4. The molecule has 9 heteroatoms. The first kappa shape index (κ1) is 19.9. The van der Waals surface area contributed by atoms with Gasteiger partial charge in [-0.3, -0.25) is 14.5 Å². The van der Waals surface area contributed by atoms with Crippen molar-refractivity contribution in [3.8, 4) is 0 Å². The summed E-state index contributed by atoms with van der Waals surface area (Å²) in [5.74, 6) is -1.46. The van der Waals surface area contributed by atoms with E-state index in [1.54, 1.807) is 13.8 Å². The first-order valence-corrected chi connectivity index (χ1v) is 9.30. The molecular weight excluding hydrogens is 358 g/mol. The van der Waals surface area contributed by atoms with Crippen molar-refractivity contribution in [2.24, 2.45) is 0 Å². The van der Waals surface area contributed by atoms with Crippen LogP contribution in [0.25, 0.3) is 0 Å². The number of ether oxygens (including phenoxy) is 1. The summed E-state index contributed by atoms with van der Waals surface area (Å²) < 4.78 is 5.04. The van der Waals surface area contributed by atoms with Crippen LogP contribution in [0.15, 0.2) is 0 Å². The van der Waals surface area contributed by atoms with Gasteiger partial charge in [-0.2, -0.15) is 0 Å². The van der Waals surface area contributed by atoms with Gasteiger partial charge >= 0.3 is 12.0 Å². The Labute approximate surface area is 155 Å². The van der Waals surface area contributed by atoms with Crippen molar-refractivity contribution < 1.29 is 23.9 Å². The second-order valence-corrected chi connectivity index (χ2v) is 7.20. The molecule has 0 radical (unpaired) electrons. The van der Waals surface area contributed by atoms with E-state index in [1.807, 2.05) is 13.8 Å². The highest BCUT2D eigenvalue weighted by Gasteiger charge is 2.38. The molecule has 1 saturated heterocycles. The average Bonchev–Trinajstić information content (AvgIpc) is 2.99. The zero-order valence-corrected chi connectivity index (χ0v) is 16.1. The molecule has 2 heterocycles. The molecule has 142 valence electrons. The zero-order chi connectivity index (χ0) is 19.4. The van der Waals surface area contributed by atoms with Crippen molar-refractivity contribution in [2.75, 3.05) is 18.5 Å². The van der Waals surface area contributed by atoms with Crippen LogP contribution in [0.4, 0.5) is 9.80 Å². The van der Waals surface area contributed by atoms with Crippen LogP contribution in [0.1, 0.15) is 47.5 Å². The minimum atomic E-state index is -0.582. The van der Waals surface area contributed by atoms with Gasteiger partial charge in [-0.1, -0.05) is 13.3 Å². The van der Waals surface area contributed by atoms with Crippen molar-refractivity contribution in [2.45, 2.75) is 46.6 Å². The molecule has 1 aromatic rings. The predicted octanol–water partition coefficient (Wildman–Crippen LogP) is 2.20. The summed E-state index contributed by atoms with van der Waals surface area (Å²) in [6.45, 7) is 7.05. The average molecular weight is 381 g/mol. The lowest BCUT2D eigenvalue weighted by Gasteiger charge is -2.13. The number of carbonyl (C=O) groups is 4. The Hall–Kier alpha value is -2.42. The number of esters is 1. The van der Waals surface area contributed by atoms with E-state index in [1.165, 1.54) is 11.3 Å². The fourth-order valence-electron chi connectivity index (χ4n) is 2.68. The van der Waals surface area contributed by atoms with E-state index in [4.69, 9.17) is 4.74 Å². The third-order valence-corrected chi connectivity index (χ3v) is 5.23. The van der Waals surface area contributed by atoms with Crippen LogP contribution >= 0.6 is 11.3 Å². The lowest BCUT2D eigenvalue weighted by atomic mass is 10.1. The van der Waals surface area contributed by atoms with E-state index >= 15 is 0 Å². The van der Waals surface area contributed by atoms with E-state index in [2.05, 4.69) is 10.6 Å². The zero-order valence-electron chi connectivity index (χ0n) is 15.3. The fourth-order valence-corrected chi connectivity index (χ4v) is 3.75. The van der Waals surface area contributed by atoms with Crippen molar-refractivity contribution >= 4 is 40.2 Å². The quantitative estimate of drug-likeness (QED) is 0.556. The number of rotatable bonds is 7. The molecule has 2 rings (SSSR count). The van der Waals surface area contributed by atoms with Crippen LogP contribution in [0.3, 0.4) is 0 Å². The van der Waals surface area contributed by atoms with Crippen LogP contribution in [0.5, 0.6) is 0 Å². The maximum absolute atomic E-state index is 12.3. The number of hydrogen-bond donors (Lipinski definition) is 2. The first-order chi connectivity index (χ1) is 12.3. The van der Waals surface area contributed by atoms with Crippen LogP contribution in [0.2, 0.25) is 0 Å². The van der Waals surface area contributed by atoms with Gasteiger partial charge in [0.25, 0.3) is 5.91 Å². The molecule has 0 saturated carbocycles. The van der Waals surface area contributed by atoms with Gasteiger partial charge in [0.15, 0.2) is 0 Å². The van der Waals surface area contributed by atoms with Gasteiger partial charge in [-0.15, -0.1) is 11.3 Å². The molecule has 0 bridgehead atoms. The Morgan fingerprint density at radius 2 is 1.96 bits per heavy atom. The molecule has 1 atom stereocenters. The fraction of sp³-hybridized carbons (Fsp3) is 0.529.